The summed E-state index contributed by atoms with van der Waals surface area (Å²) in [5, 5.41) is 4.12. The van der Waals surface area contributed by atoms with Crippen LogP contribution in [0.15, 0.2) is 12.3 Å². The van der Waals surface area contributed by atoms with Crippen LogP contribution in [0.2, 0.25) is 5.02 Å². The molecule has 1 aromatic rings. The standard InChI is InChI=1S/C15H23ClN2O2/c1-2-3-6-19-7-8-20-15-9-12(14(16)11-18-15)10-17-13-4-5-13/h9,11,13,17H,2-8,10H2,1H3. The molecule has 1 aliphatic rings. The fourth-order valence-electron chi connectivity index (χ4n) is 1.77. The van der Waals surface area contributed by atoms with Gasteiger partial charge in [-0.25, -0.2) is 4.98 Å². The first-order valence-corrected chi connectivity index (χ1v) is 7.75. The molecule has 0 bridgehead atoms. The van der Waals surface area contributed by atoms with Gasteiger partial charge in [-0.1, -0.05) is 24.9 Å². The molecule has 0 atom stereocenters. The predicted octanol–water partition coefficient (Wildman–Crippen LogP) is 3.18. The molecular formula is C15H23ClN2O2. The normalized spacial score (nSPS) is 14.5. The maximum Gasteiger partial charge on any atom is 0.213 e. The minimum atomic E-state index is 0.522. The molecule has 1 aliphatic carbocycles. The number of hydrogen-bond acceptors (Lipinski definition) is 4. The molecule has 0 amide bonds. The van der Waals surface area contributed by atoms with Gasteiger partial charge in [0.25, 0.3) is 0 Å². The lowest BCUT2D eigenvalue weighted by Gasteiger charge is -2.09. The Kier molecular flexibility index (Phi) is 6.57. The average Bonchev–Trinajstić information content (AvgIpc) is 3.27. The summed E-state index contributed by atoms with van der Waals surface area (Å²) in [4.78, 5) is 4.18. The van der Waals surface area contributed by atoms with Crippen LogP contribution < -0.4 is 10.1 Å². The van der Waals surface area contributed by atoms with Gasteiger partial charge in [0, 0.05) is 31.5 Å². The summed E-state index contributed by atoms with van der Waals surface area (Å²) < 4.78 is 11.0. The van der Waals surface area contributed by atoms with E-state index in [0.29, 0.717) is 30.2 Å². The summed E-state index contributed by atoms with van der Waals surface area (Å²) in [6.07, 6.45) is 6.42. The second-order valence-electron chi connectivity index (χ2n) is 5.08. The smallest absolute Gasteiger partial charge is 0.213 e. The fourth-order valence-corrected chi connectivity index (χ4v) is 1.94. The second kappa shape index (κ2) is 8.45. The molecule has 0 unspecified atom stereocenters. The van der Waals surface area contributed by atoms with Crippen molar-refractivity contribution < 1.29 is 9.47 Å². The first kappa shape index (κ1) is 15.5. The van der Waals surface area contributed by atoms with Crippen molar-refractivity contribution in [3.63, 3.8) is 0 Å². The zero-order valence-corrected chi connectivity index (χ0v) is 12.8. The molecular weight excluding hydrogens is 276 g/mol. The van der Waals surface area contributed by atoms with Gasteiger partial charge in [-0.3, -0.25) is 0 Å². The Hall–Kier alpha value is -0.840. The van der Waals surface area contributed by atoms with Crippen molar-refractivity contribution >= 4 is 11.6 Å². The van der Waals surface area contributed by atoms with E-state index in [2.05, 4.69) is 17.2 Å². The zero-order chi connectivity index (χ0) is 14.2. The van der Waals surface area contributed by atoms with Crippen LogP contribution in [0.25, 0.3) is 0 Å². The van der Waals surface area contributed by atoms with Crippen LogP contribution in [0.4, 0.5) is 0 Å². The summed E-state index contributed by atoms with van der Waals surface area (Å²) in [6, 6.07) is 2.57. The minimum Gasteiger partial charge on any atom is -0.475 e. The third-order valence-electron chi connectivity index (χ3n) is 3.19. The highest BCUT2D eigenvalue weighted by atomic mass is 35.5. The first-order chi connectivity index (χ1) is 9.79. The number of pyridine rings is 1. The minimum absolute atomic E-state index is 0.522. The molecule has 1 N–H and O–H groups in total. The Bertz CT molecular complexity index is 411. The van der Waals surface area contributed by atoms with Crippen molar-refractivity contribution in [3.8, 4) is 5.88 Å². The molecule has 1 saturated carbocycles. The molecule has 0 spiro atoms. The number of nitrogens with zero attached hydrogens (tertiary/aromatic N) is 1. The van der Waals surface area contributed by atoms with Gasteiger partial charge >= 0.3 is 0 Å². The lowest BCUT2D eigenvalue weighted by molar-refractivity contribution is 0.0965. The third kappa shape index (κ3) is 5.65. The number of unbranched alkanes of at least 4 members (excludes halogenated alkanes) is 1. The zero-order valence-electron chi connectivity index (χ0n) is 12.0. The number of rotatable bonds is 10. The van der Waals surface area contributed by atoms with Gasteiger partial charge in [0.15, 0.2) is 0 Å². The highest BCUT2D eigenvalue weighted by molar-refractivity contribution is 6.31. The van der Waals surface area contributed by atoms with Crippen molar-refractivity contribution in [2.75, 3.05) is 19.8 Å². The Morgan fingerprint density at radius 2 is 2.20 bits per heavy atom. The van der Waals surface area contributed by atoms with E-state index < -0.39 is 0 Å². The van der Waals surface area contributed by atoms with Crippen LogP contribution in [0.3, 0.4) is 0 Å². The lowest BCUT2D eigenvalue weighted by atomic mass is 10.2. The van der Waals surface area contributed by atoms with Crippen molar-refractivity contribution in [2.45, 2.75) is 45.2 Å². The summed E-state index contributed by atoms with van der Waals surface area (Å²) in [7, 11) is 0. The Balaban J connectivity index is 1.71. The van der Waals surface area contributed by atoms with Crippen molar-refractivity contribution in [3.05, 3.63) is 22.8 Å². The Labute approximate surface area is 125 Å². The first-order valence-electron chi connectivity index (χ1n) is 7.38. The maximum atomic E-state index is 6.14. The van der Waals surface area contributed by atoms with Gasteiger partial charge in [0.05, 0.1) is 11.6 Å². The van der Waals surface area contributed by atoms with E-state index in [0.717, 1.165) is 31.6 Å². The molecule has 2 rings (SSSR count). The van der Waals surface area contributed by atoms with Gasteiger partial charge in [0.1, 0.15) is 6.61 Å². The number of halogens is 1. The monoisotopic (exact) mass is 298 g/mol. The highest BCUT2D eigenvalue weighted by Crippen LogP contribution is 2.23. The summed E-state index contributed by atoms with van der Waals surface area (Å²) in [5.74, 6) is 0.612. The van der Waals surface area contributed by atoms with Crippen LogP contribution in [-0.4, -0.2) is 30.8 Å². The number of ether oxygens (including phenoxy) is 2. The van der Waals surface area contributed by atoms with Gasteiger partial charge in [0.2, 0.25) is 5.88 Å². The van der Waals surface area contributed by atoms with Crippen LogP contribution in [-0.2, 0) is 11.3 Å². The van der Waals surface area contributed by atoms with E-state index in [1.54, 1.807) is 6.20 Å². The average molecular weight is 299 g/mol. The van der Waals surface area contributed by atoms with Crippen molar-refractivity contribution in [2.24, 2.45) is 0 Å². The van der Waals surface area contributed by atoms with E-state index >= 15 is 0 Å². The van der Waals surface area contributed by atoms with E-state index in [9.17, 15) is 0 Å². The van der Waals surface area contributed by atoms with E-state index in [-0.39, 0.29) is 0 Å². The van der Waals surface area contributed by atoms with Crippen LogP contribution in [0, 0.1) is 0 Å². The van der Waals surface area contributed by atoms with E-state index in [1.807, 2.05) is 6.07 Å². The van der Waals surface area contributed by atoms with E-state index in [1.165, 1.54) is 12.8 Å². The molecule has 1 fully saturated rings. The highest BCUT2D eigenvalue weighted by Gasteiger charge is 2.20. The van der Waals surface area contributed by atoms with Crippen molar-refractivity contribution in [1.82, 2.24) is 10.3 Å². The molecule has 0 aromatic carbocycles. The topological polar surface area (TPSA) is 43.4 Å². The molecule has 1 aromatic heterocycles. The second-order valence-corrected chi connectivity index (χ2v) is 5.49. The summed E-state index contributed by atoms with van der Waals surface area (Å²) in [5.41, 5.74) is 1.04. The molecule has 1 heterocycles. The van der Waals surface area contributed by atoms with Crippen molar-refractivity contribution in [1.29, 1.82) is 0 Å². The van der Waals surface area contributed by atoms with Crippen LogP contribution >= 0.6 is 11.6 Å². The fraction of sp³-hybridized carbons (Fsp3) is 0.667. The van der Waals surface area contributed by atoms with Gasteiger partial charge in [-0.05, 0) is 24.8 Å². The maximum absolute atomic E-state index is 6.14. The van der Waals surface area contributed by atoms with E-state index in [4.69, 9.17) is 21.1 Å². The van der Waals surface area contributed by atoms with Gasteiger partial charge in [-0.15, -0.1) is 0 Å². The number of nitrogens with one attached hydrogen (secondary N) is 1. The summed E-state index contributed by atoms with van der Waals surface area (Å²) >= 11 is 6.14. The number of aromatic nitrogens is 1. The SMILES string of the molecule is CCCCOCCOc1cc(CNC2CC2)c(Cl)cn1. The summed E-state index contributed by atoms with van der Waals surface area (Å²) in [6.45, 7) is 4.84. The molecule has 4 nitrogen and oxygen atoms in total. The van der Waals surface area contributed by atoms with Gasteiger partial charge < -0.3 is 14.8 Å². The molecule has 20 heavy (non-hydrogen) atoms. The number of hydrogen-bond donors (Lipinski definition) is 1. The molecule has 0 radical (unpaired) electrons. The quantitative estimate of drug-likeness (QED) is 0.674. The van der Waals surface area contributed by atoms with Crippen LogP contribution in [0.1, 0.15) is 38.2 Å². The lowest BCUT2D eigenvalue weighted by Crippen LogP contribution is -2.16. The van der Waals surface area contributed by atoms with Gasteiger partial charge in [-0.2, -0.15) is 0 Å². The Morgan fingerprint density at radius 1 is 1.35 bits per heavy atom. The largest absolute Gasteiger partial charge is 0.475 e. The molecule has 0 aliphatic heterocycles. The third-order valence-corrected chi connectivity index (χ3v) is 3.53. The Morgan fingerprint density at radius 3 is 2.95 bits per heavy atom. The molecule has 0 saturated heterocycles. The molecule has 112 valence electrons. The van der Waals surface area contributed by atoms with Crippen LogP contribution in [0.5, 0.6) is 5.88 Å². The molecule has 5 heteroatoms. The predicted molar refractivity (Wildman–Crippen MR) is 80.3 cm³/mol.